The van der Waals surface area contributed by atoms with E-state index in [0.717, 1.165) is 6.08 Å². The third-order valence-corrected chi connectivity index (χ3v) is 3.54. The summed E-state index contributed by atoms with van der Waals surface area (Å²) in [5.41, 5.74) is 0.124. The number of carbonyl (C=O) groups is 1. The normalized spacial score (nSPS) is 12.3. The molecule has 0 saturated heterocycles. The molecule has 1 N–H and O–H groups in total. The van der Waals surface area contributed by atoms with Crippen LogP contribution in [-0.4, -0.2) is 22.6 Å². The molecule has 9 nitrogen and oxygen atoms in total. The fourth-order valence-corrected chi connectivity index (χ4v) is 2.29. The standard InChI is InChI=1S/C17H12N4O5/c18-8-12(17(22)20-9-13-3-1-2-4-19-13)5-11-6-15-16(26-10-25-15)7-14(11)21(23)24/h1-7H,9-10H2,(H,20,22). The van der Waals surface area contributed by atoms with E-state index in [1.54, 1.807) is 30.5 Å². The molecule has 0 radical (unpaired) electrons. The highest BCUT2D eigenvalue weighted by atomic mass is 16.7. The molecule has 0 bridgehead atoms. The highest BCUT2D eigenvalue weighted by molar-refractivity contribution is 6.02. The number of amides is 1. The van der Waals surface area contributed by atoms with Crippen molar-refractivity contribution in [1.82, 2.24) is 10.3 Å². The smallest absolute Gasteiger partial charge is 0.280 e. The molecule has 1 aromatic heterocycles. The Kier molecular flexibility index (Phi) is 4.76. The second kappa shape index (κ2) is 7.31. The van der Waals surface area contributed by atoms with Crippen molar-refractivity contribution < 1.29 is 19.2 Å². The maximum Gasteiger partial charge on any atom is 0.280 e. The Labute approximate surface area is 147 Å². The summed E-state index contributed by atoms with van der Waals surface area (Å²) in [6.07, 6.45) is 2.73. The first-order valence-corrected chi connectivity index (χ1v) is 7.46. The van der Waals surface area contributed by atoms with Gasteiger partial charge in [-0.15, -0.1) is 0 Å². The first kappa shape index (κ1) is 16.9. The first-order chi connectivity index (χ1) is 12.6. The van der Waals surface area contributed by atoms with Crippen molar-refractivity contribution in [1.29, 1.82) is 5.26 Å². The molecule has 1 aromatic carbocycles. The monoisotopic (exact) mass is 352 g/mol. The first-order valence-electron chi connectivity index (χ1n) is 7.46. The van der Waals surface area contributed by atoms with Gasteiger partial charge in [0.2, 0.25) is 6.79 Å². The lowest BCUT2D eigenvalue weighted by atomic mass is 10.1. The summed E-state index contributed by atoms with van der Waals surface area (Å²) in [5, 5.41) is 23.1. The number of hydrogen-bond acceptors (Lipinski definition) is 7. The van der Waals surface area contributed by atoms with Gasteiger partial charge in [0.05, 0.1) is 28.8 Å². The van der Waals surface area contributed by atoms with Gasteiger partial charge in [0.25, 0.3) is 11.6 Å². The van der Waals surface area contributed by atoms with Gasteiger partial charge in [-0.1, -0.05) is 6.07 Å². The Bertz CT molecular complexity index is 934. The maximum atomic E-state index is 12.2. The lowest BCUT2D eigenvalue weighted by Crippen LogP contribution is -2.24. The van der Waals surface area contributed by atoms with Crippen LogP contribution >= 0.6 is 0 Å². The van der Waals surface area contributed by atoms with Crippen LogP contribution < -0.4 is 14.8 Å². The highest BCUT2D eigenvalue weighted by Crippen LogP contribution is 2.38. The minimum absolute atomic E-state index is 0.0463. The summed E-state index contributed by atoms with van der Waals surface area (Å²) in [7, 11) is 0. The topological polar surface area (TPSA) is 127 Å². The number of aromatic nitrogens is 1. The number of nitro benzene ring substituents is 1. The Hall–Kier alpha value is -3.93. The molecule has 130 valence electrons. The van der Waals surface area contributed by atoms with Gasteiger partial charge in [-0.2, -0.15) is 5.26 Å². The molecule has 1 aliphatic rings. The molecular weight excluding hydrogens is 340 g/mol. The quantitative estimate of drug-likeness (QED) is 0.377. The predicted molar refractivity (Wildman–Crippen MR) is 88.9 cm³/mol. The molecule has 2 aromatic rings. The van der Waals surface area contributed by atoms with E-state index in [-0.39, 0.29) is 35.9 Å². The average Bonchev–Trinajstić information content (AvgIpc) is 3.11. The van der Waals surface area contributed by atoms with Gasteiger partial charge in [-0.25, -0.2) is 0 Å². The van der Waals surface area contributed by atoms with E-state index in [0.29, 0.717) is 11.4 Å². The number of carbonyl (C=O) groups excluding carboxylic acids is 1. The van der Waals surface area contributed by atoms with E-state index in [1.165, 1.54) is 12.1 Å². The van der Waals surface area contributed by atoms with Crippen LogP contribution in [0.3, 0.4) is 0 Å². The Morgan fingerprint density at radius 2 is 2.15 bits per heavy atom. The zero-order valence-corrected chi connectivity index (χ0v) is 13.3. The van der Waals surface area contributed by atoms with Crippen molar-refractivity contribution in [2.24, 2.45) is 0 Å². The fraction of sp³-hybridized carbons (Fsp3) is 0.118. The van der Waals surface area contributed by atoms with Gasteiger partial charge in [-0.3, -0.25) is 19.9 Å². The van der Waals surface area contributed by atoms with Gasteiger partial charge in [0.15, 0.2) is 11.5 Å². The summed E-state index contributed by atoms with van der Waals surface area (Å²) >= 11 is 0. The van der Waals surface area contributed by atoms with E-state index in [1.807, 2.05) is 0 Å². The van der Waals surface area contributed by atoms with Crippen LogP contribution in [0, 0.1) is 21.4 Å². The van der Waals surface area contributed by atoms with Gasteiger partial charge < -0.3 is 14.8 Å². The fourth-order valence-electron chi connectivity index (χ4n) is 2.29. The number of pyridine rings is 1. The third kappa shape index (κ3) is 3.59. The van der Waals surface area contributed by atoms with Crippen LogP contribution in [0.15, 0.2) is 42.1 Å². The molecule has 3 rings (SSSR count). The third-order valence-electron chi connectivity index (χ3n) is 3.54. The van der Waals surface area contributed by atoms with Crippen LogP contribution in [0.1, 0.15) is 11.3 Å². The molecule has 1 amide bonds. The molecule has 0 unspecified atom stereocenters. The number of fused-ring (bicyclic) bond motifs is 1. The number of nitrogens with zero attached hydrogens (tertiary/aromatic N) is 3. The van der Waals surface area contributed by atoms with Crippen molar-refractivity contribution in [2.45, 2.75) is 6.54 Å². The van der Waals surface area contributed by atoms with Gasteiger partial charge in [0, 0.05) is 6.20 Å². The Morgan fingerprint density at radius 1 is 1.38 bits per heavy atom. The van der Waals surface area contributed by atoms with E-state index in [9.17, 15) is 20.2 Å². The van der Waals surface area contributed by atoms with Crippen LogP contribution in [0.5, 0.6) is 11.5 Å². The lowest BCUT2D eigenvalue weighted by molar-refractivity contribution is -0.385. The summed E-state index contributed by atoms with van der Waals surface area (Å²) < 4.78 is 10.3. The molecule has 9 heteroatoms. The summed E-state index contributed by atoms with van der Waals surface area (Å²) in [6, 6.07) is 9.55. The lowest BCUT2D eigenvalue weighted by Gasteiger charge is -2.05. The minimum atomic E-state index is -0.662. The molecule has 26 heavy (non-hydrogen) atoms. The molecule has 0 fully saturated rings. The van der Waals surface area contributed by atoms with Gasteiger partial charge in [-0.05, 0) is 24.3 Å². The Morgan fingerprint density at radius 3 is 2.81 bits per heavy atom. The van der Waals surface area contributed by atoms with Crippen molar-refractivity contribution >= 4 is 17.7 Å². The van der Waals surface area contributed by atoms with E-state index < -0.39 is 10.8 Å². The largest absolute Gasteiger partial charge is 0.454 e. The highest BCUT2D eigenvalue weighted by Gasteiger charge is 2.23. The van der Waals surface area contributed by atoms with Crippen molar-refractivity contribution in [2.75, 3.05) is 6.79 Å². The minimum Gasteiger partial charge on any atom is -0.454 e. The van der Waals surface area contributed by atoms with Crippen LogP contribution in [0.2, 0.25) is 0 Å². The number of nitro groups is 1. The van der Waals surface area contributed by atoms with Crippen LogP contribution in [-0.2, 0) is 11.3 Å². The SMILES string of the molecule is N#CC(=Cc1cc2c(cc1[N+](=O)[O-])OCO2)C(=O)NCc1ccccn1. The second-order valence-electron chi connectivity index (χ2n) is 5.19. The van der Waals surface area contributed by atoms with Gasteiger partial charge in [0.1, 0.15) is 11.6 Å². The van der Waals surface area contributed by atoms with Crippen molar-refractivity contribution in [3.63, 3.8) is 0 Å². The number of hydrogen-bond donors (Lipinski definition) is 1. The van der Waals surface area contributed by atoms with Gasteiger partial charge >= 0.3 is 0 Å². The van der Waals surface area contributed by atoms with E-state index in [2.05, 4.69) is 10.3 Å². The zero-order chi connectivity index (χ0) is 18.5. The van der Waals surface area contributed by atoms with E-state index in [4.69, 9.17) is 9.47 Å². The summed E-state index contributed by atoms with van der Waals surface area (Å²) in [6.45, 7) is 0.0806. The number of rotatable bonds is 5. The van der Waals surface area contributed by atoms with Crippen molar-refractivity contribution in [3.05, 3.63) is 63.5 Å². The predicted octanol–water partition coefficient (Wildman–Crippen LogP) is 1.94. The number of nitriles is 1. The summed E-state index contributed by atoms with van der Waals surface area (Å²) in [4.78, 5) is 26.9. The van der Waals surface area contributed by atoms with Crippen molar-refractivity contribution in [3.8, 4) is 17.6 Å². The second-order valence-corrected chi connectivity index (χ2v) is 5.19. The molecule has 0 atom stereocenters. The molecule has 0 aliphatic carbocycles. The molecule has 1 aliphatic heterocycles. The molecular formula is C17H12N4O5. The van der Waals surface area contributed by atoms with E-state index >= 15 is 0 Å². The molecule has 0 spiro atoms. The molecule has 2 heterocycles. The molecule has 0 saturated carbocycles. The van der Waals surface area contributed by atoms with Crippen LogP contribution in [0.25, 0.3) is 6.08 Å². The average molecular weight is 352 g/mol. The Balaban J connectivity index is 1.85. The number of ether oxygens (including phenoxy) is 2. The maximum absolute atomic E-state index is 12.2. The number of benzene rings is 1. The number of nitrogens with one attached hydrogen (secondary N) is 1. The zero-order valence-electron chi connectivity index (χ0n) is 13.3. The van der Waals surface area contributed by atoms with Crippen LogP contribution in [0.4, 0.5) is 5.69 Å². The summed E-state index contributed by atoms with van der Waals surface area (Å²) in [5.74, 6) is -0.106.